The van der Waals surface area contributed by atoms with E-state index in [-0.39, 0.29) is 11.6 Å². The third kappa shape index (κ3) is 2.86. The minimum atomic E-state index is -0.969. The average Bonchev–Trinajstić information content (AvgIpc) is 3.42. The van der Waals surface area contributed by atoms with Crippen LogP contribution in [0.25, 0.3) is 11.5 Å². The second-order valence-corrected chi connectivity index (χ2v) is 7.43. The maximum absolute atomic E-state index is 14.1. The van der Waals surface area contributed by atoms with Gasteiger partial charge in [0, 0.05) is 31.5 Å². The number of pyridine rings is 1. The lowest BCUT2D eigenvalue weighted by molar-refractivity contribution is 0.0764. The molecule has 3 aromatic rings. The molecule has 148 valence electrons. The van der Waals surface area contributed by atoms with Crippen LogP contribution in [0, 0.1) is 17.6 Å². The van der Waals surface area contributed by atoms with Gasteiger partial charge in [0.15, 0.2) is 11.5 Å². The van der Waals surface area contributed by atoms with Gasteiger partial charge in [0.25, 0.3) is 5.91 Å². The summed E-state index contributed by atoms with van der Waals surface area (Å²) in [6, 6.07) is 0.665. The first-order chi connectivity index (χ1) is 14.1. The Morgan fingerprint density at radius 3 is 2.93 bits per heavy atom. The highest BCUT2D eigenvalue weighted by molar-refractivity contribution is 5.93. The molecule has 0 radical (unpaired) electrons. The summed E-state index contributed by atoms with van der Waals surface area (Å²) in [6.45, 7) is 0.747. The summed E-state index contributed by atoms with van der Waals surface area (Å²) < 4.78 is 32.8. The Labute approximate surface area is 164 Å². The number of likely N-dealkylation sites (tertiary alicyclic amines) is 1. The molecule has 1 aliphatic heterocycles. The van der Waals surface area contributed by atoms with Crippen LogP contribution in [0.1, 0.15) is 35.6 Å². The van der Waals surface area contributed by atoms with Gasteiger partial charge in [-0.05, 0) is 18.8 Å². The van der Waals surface area contributed by atoms with Crippen LogP contribution in [0.2, 0.25) is 0 Å². The fourth-order valence-corrected chi connectivity index (χ4v) is 4.46. The van der Waals surface area contributed by atoms with E-state index >= 15 is 0 Å². The molecule has 1 amide bonds. The van der Waals surface area contributed by atoms with E-state index in [1.54, 1.807) is 23.5 Å². The molecular formula is C19H16F2N6O2. The number of rotatable bonds is 3. The van der Waals surface area contributed by atoms with E-state index in [1.807, 2.05) is 0 Å². The van der Waals surface area contributed by atoms with Crippen LogP contribution < -0.4 is 0 Å². The van der Waals surface area contributed by atoms with Crippen molar-refractivity contribution in [3.8, 4) is 11.5 Å². The predicted octanol–water partition coefficient (Wildman–Crippen LogP) is 2.39. The van der Waals surface area contributed by atoms with Crippen LogP contribution >= 0.6 is 0 Å². The zero-order valence-electron chi connectivity index (χ0n) is 15.3. The summed E-state index contributed by atoms with van der Waals surface area (Å²) in [5.74, 6) is -1.46. The Balaban J connectivity index is 1.45. The Morgan fingerprint density at radius 2 is 2.14 bits per heavy atom. The van der Waals surface area contributed by atoms with E-state index in [9.17, 15) is 13.6 Å². The topological polar surface area (TPSA) is 97.9 Å². The summed E-state index contributed by atoms with van der Waals surface area (Å²) in [7, 11) is 0. The van der Waals surface area contributed by atoms with Crippen molar-refractivity contribution in [2.45, 2.75) is 24.7 Å². The lowest BCUT2D eigenvalue weighted by Crippen LogP contribution is -2.35. The molecule has 1 saturated heterocycles. The minimum Gasteiger partial charge on any atom is -0.338 e. The van der Waals surface area contributed by atoms with Crippen molar-refractivity contribution in [2.75, 3.05) is 13.1 Å². The van der Waals surface area contributed by atoms with Crippen molar-refractivity contribution < 1.29 is 18.1 Å². The number of amides is 1. The highest BCUT2D eigenvalue weighted by atomic mass is 19.1. The Hall–Kier alpha value is -3.30. The van der Waals surface area contributed by atoms with Crippen molar-refractivity contribution in [2.24, 2.45) is 5.92 Å². The standard InChI is InChI=1S/C19H16F2N6O2/c20-12-6-13(21)15(24-7-12)17(28)27-9-11-2-1-3-19(11,10-27)18-25-16(26-29-18)14-8-22-4-5-23-14/h4-8,11H,1-3,9-10H2/t11-,19-/m1/s1. The highest BCUT2D eigenvalue weighted by Crippen LogP contribution is 2.50. The van der Waals surface area contributed by atoms with Gasteiger partial charge in [-0.1, -0.05) is 11.6 Å². The van der Waals surface area contributed by atoms with Crippen molar-refractivity contribution in [1.82, 2.24) is 30.0 Å². The lowest BCUT2D eigenvalue weighted by atomic mass is 9.80. The first kappa shape index (κ1) is 17.8. The number of carbonyl (C=O) groups excluding carboxylic acids is 1. The summed E-state index contributed by atoms with van der Waals surface area (Å²) in [5.41, 5.74) is -0.371. The summed E-state index contributed by atoms with van der Waals surface area (Å²) >= 11 is 0. The number of halogens is 2. The number of hydrogen-bond acceptors (Lipinski definition) is 7. The van der Waals surface area contributed by atoms with Gasteiger partial charge in [0.05, 0.1) is 17.8 Å². The lowest BCUT2D eigenvalue weighted by Gasteiger charge is -2.24. The van der Waals surface area contributed by atoms with Gasteiger partial charge in [-0.2, -0.15) is 4.98 Å². The molecule has 2 atom stereocenters. The quantitative estimate of drug-likeness (QED) is 0.668. The molecule has 2 aliphatic rings. The van der Waals surface area contributed by atoms with Crippen LogP contribution in [0.5, 0.6) is 0 Å². The number of hydrogen-bond donors (Lipinski definition) is 0. The molecule has 2 fully saturated rings. The molecule has 0 bridgehead atoms. The molecule has 3 aromatic heterocycles. The van der Waals surface area contributed by atoms with E-state index in [0.717, 1.165) is 25.5 Å². The van der Waals surface area contributed by atoms with Crippen molar-refractivity contribution in [3.63, 3.8) is 0 Å². The van der Waals surface area contributed by atoms with Crippen LogP contribution in [-0.4, -0.2) is 49.0 Å². The van der Waals surface area contributed by atoms with E-state index < -0.39 is 23.0 Å². The molecule has 1 aliphatic carbocycles. The van der Waals surface area contributed by atoms with E-state index in [0.29, 0.717) is 36.6 Å². The third-order valence-electron chi connectivity index (χ3n) is 5.81. The highest BCUT2D eigenvalue weighted by Gasteiger charge is 2.55. The maximum Gasteiger partial charge on any atom is 0.275 e. The van der Waals surface area contributed by atoms with E-state index in [2.05, 4.69) is 25.1 Å². The van der Waals surface area contributed by atoms with Crippen LogP contribution in [0.15, 0.2) is 35.4 Å². The Morgan fingerprint density at radius 1 is 1.24 bits per heavy atom. The zero-order valence-corrected chi connectivity index (χ0v) is 15.3. The predicted molar refractivity (Wildman–Crippen MR) is 94.4 cm³/mol. The fourth-order valence-electron chi connectivity index (χ4n) is 4.46. The summed E-state index contributed by atoms with van der Waals surface area (Å²) in [5, 5.41) is 4.03. The molecule has 5 rings (SSSR count). The molecule has 0 unspecified atom stereocenters. The van der Waals surface area contributed by atoms with Gasteiger partial charge in [0.1, 0.15) is 11.5 Å². The molecule has 4 heterocycles. The molecule has 0 spiro atoms. The fraction of sp³-hybridized carbons (Fsp3) is 0.368. The van der Waals surface area contributed by atoms with Crippen molar-refractivity contribution in [1.29, 1.82) is 0 Å². The van der Waals surface area contributed by atoms with Crippen molar-refractivity contribution in [3.05, 3.63) is 54.1 Å². The second kappa shape index (κ2) is 6.64. The van der Waals surface area contributed by atoms with E-state index in [1.165, 1.54) is 0 Å². The van der Waals surface area contributed by atoms with Gasteiger partial charge >= 0.3 is 0 Å². The maximum atomic E-state index is 14.1. The smallest absolute Gasteiger partial charge is 0.275 e. The third-order valence-corrected chi connectivity index (χ3v) is 5.81. The van der Waals surface area contributed by atoms with Gasteiger partial charge in [-0.25, -0.2) is 18.7 Å². The normalized spacial score (nSPS) is 23.4. The van der Waals surface area contributed by atoms with Gasteiger partial charge in [-0.3, -0.25) is 9.78 Å². The number of nitrogens with zero attached hydrogens (tertiary/aromatic N) is 6. The molecule has 10 heteroatoms. The molecule has 29 heavy (non-hydrogen) atoms. The zero-order chi connectivity index (χ0) is 20.0. The summed E-state index contributed by atoms with van der Waals surface area (Å²) in [6.07, 6.45) is 8.13. The molecular weight excluding hydrogens is 382 g/mol. The molecule has 1 saturated carbocycles. The average molecular weight is 398 g/mol. The summed E-state index contributed by atoms with van der Waals surface area (Å²) in [4.78, 5) is 30.7. The van der Waals surface area contributed by atoms with Gasteiger partial charge < -0.3 is 9.42 Å². The Kier molecular flexibility index (Phi) is 4.07. The number of aromatic nitrogens is 5. The molecule has 8 nitrogen and oxygen atoms in total. The number of carbonyl (C=O) groups is 1. The SMILES string of the molecule is O=C(c1ncc(F)cc1F)N1C[C@H]2CCC[C@@]2(c2nc(-c3cnccn3)no2)C1. The first-order valence-electron chi connectivity index (χ1n) is 9.28. The molecule has 0 aromatic carbocycles. The number of fused-ring (bicyclic) bond motifs is 1. The van der Waals surface area contributed by atoms with Crippen LogP contribution in [0.4, 0.5) is 8.78 Å². The molecule has 0 N–H and O–H groups in total. The minimum absolute atomic E-state index is 0.116. The first-order valence-corrected chi connectivity index (χ1v) is 9.28. The van der Waals surface area contributed by atoms with E-state index in [4.69, 9.17) is 4.52 Å². The monoisotopic (exact) mass is 398 g/mol. The van der Waals surface area contributed by atoms with Crippen LogP contribution in [0.3, 0.4) is 0 Å². The van der Waals surface area contributed by atoms with Crippen molar-refractivity contribution >= 4 is 5.91 Å². The second-order valence-electron chi connectivity index (χ2n) is 7.43. The van der Waals surface area contributed by atoms with Gasteiger partial charge in [-0.15, -0.1) is 0 Å². The largest absolute Gasteiger partial charge is 0.338 e. The Bertz CT molecular complexity index is 1080. The van der Waals surface area contributed by atoms with Crippen LogP contribution in [-0.2, 0) is 5.41 Å². The van der Waals surface area contributed by atoms with Gasteiger partial charge in [0.2, 0.25) is 11.7 Å².